The number of rotatable bonds is 2. The SMILES string of the molecule is CC(=O)N1CCCN(Cc2ccc(F)cc2Br)CC1. The molecule has 1 fully saturated rings. The van der Waals surface area contributed by atoms with E-state index in [0.717, 1.165) is 49.2 Å². The van der Waals surface area contributed by atoms with Crippen LogP contribution in [0, 0.1) is 5.82 Å². The third-order valence-corrected chi connectivity index (χ3v) is 4.18. The second-order valence-corrected chi connectivity index (χ2v) is 5.73. The molecule has 0 saturated carbocycles. The molecule has 3 nitrogen and oxygen atoms in total. The van der Waals surface area contributed by atoms with E-state index in [1.54, 1.807) is 6.92 Å². The maximum Gasteiger partial charge on any atom is 0.219 e. The fraction of sp³-hybridized carbons (Fsp3) is 0.500. The molecule has 104 valence electrons. The summed E-state index contributed by atoms with van der Waals surface area (Å²) in [4.78, 5) is 15.6. The summed E-state index contributed by atoms with van der Waals surface area (Å²) in [6, 6.07) is 4.79. The van der Waals surface area contributed by atoms with Gasteiger partial charge in [0.2, 0.25) is 5.91 Å². The average Bonchev–Trinajstić information content (AvgIpc) is 2.58. The number of amides is 1. The fourth-order valence-corrected chi connectivity index (χ4v) is 2.81. The van der Waals surface area contributed by atoms with Crippen LogP contribution >= 0.6 is 15.9 Å². The smallest absolute Gasteiger partial charge is 0.219 e. The summed E-state index contributed by atoms with van der Waals surface area (Å²) in [7, 11) is 0. The van der Waals surface area contributed by atoms with Gasteiger partial charge in [-0.15, -0.1) is 0 Å². The minimum Gasteiger partial charge on any atom is -0.342 e. The fourth-order valence-electron chi connectivity index (χ4n) is 2.33. The lowest BCUT2D eigenvalue weighted by Crippen LogP contribution is -2.33. The quantitative estimate of drug-likeness (QED) is 0.833. The highest BCUT2D eigenvalue weighted by atomic mass is 79.9. The van der Waals surface area contributed by atoms with Crippen molar-refractivity contribution in [3.63, 3.8) is 0 Å². The zero-order chi connectivity index (χ0) is 13.8. The highest BCUT2D eigenvalue weighted by Gasteiger charge is 2.17. The monoisotopic (exact) mass is 328 g/mol. The van der Waals surface area contributed by atoms with Crippen LogP contribution in [0.25, 0.3) is 0 Å². The number of carbonyl (C=O) groups excluding carboxylic acids is 1. The van der Waals surface area contributed by atoms with Gasteiger partial charge in [0.25, 0.3) is 0 Å². The van der Waals surface area contributed by atoms with Crippen LogP contribution in [0.15, 0.2) is 22.7 Å². The Balaban J connectivity index is 1.97. The van der Waals surface area contributed by atoms with Crippen molar-refractivity contribution in [3.8, 4) is 0 Å². The Morgan fingerprint density at radius 3 is 2.79 bits per heavy atom. The molecule has 1 aliphatic rings. The van der Waals surface area contributed by atoms with E-state index in [1.165, 1.54) is 12.1 Å². The van der Waals surface area contributed by atoms with Gasteiger partial charge >= 0.3 is 0 Å². The van der Waals surface area contributed by atoms with Crippen molar-refractivity contribution in [1.29, 1.82) is 0 Å². The molecule has 0 spiro atoms. The van der Waals surface area contributed by atoms with E-state index >= 15 is 0 Å². The average molecular weight is 329 g/mol. The van der Waals surface area contributed by atoms with Crippen LogP contribution in [-0.2, 0) is 11.3 Å². The van der Waals surface area contributed by atoms with Gasteiger partial charge in [0.05, 0.1) is 0 Å². The molecule has 1 aliphatic heterocycles. The summed E-state index contributed by atoms with van der Waals surface area (Å²) in [5, 5.41) is 0. The predicted octanol–water partition coefficient (Wildman–Crippen LogP) is 2.64. The number of benzene rings is 1. The van der Waals surface area contributed by atoms with Crippen molar-refractivity contribution < 1.29 is 9.18 Å². The number of hydrogen-bond acceptors (Lipinski definition) is 2. The van der Waals surface area contributed by atoms with E-state index in [2.05, 4.69) is 20.8 Å². The largest absolute Gasteiger partial charge is 0.342 e. The van der Waals surface area contributed by atoms with E-state index in [-0.39, 0.29) is 11.7 Å². The molecule has 0 bridgehead atoms. The van der Waals surface area contributed by atoms with E-state index < -0.39 is 0 Å². The molecule has 1 aromatic rings. The van der Waals surface area contributed by atoms with Crippen molar-refractivity contribution in [1.82, 2.24) is 9.80 Å². The molecule has 0 unspecified atom stereocenters. The Morgan fingerprint density at radius 1 is 1.32 bits per heavy atom. The van der Waals surface area contributed by atoms with Crippen LogP contribution < -0.4 is 0 Å². The number of halogens is 2. The molecule has 0 atom stereocenters. The van der Waals surface area contributed by atoms with Crippen LogP contribution in [0.3, 0.4) is 0 Å². The molecule has 5 heteroatoms. The van der Waals surface area contributed by atoms with Crippen LogP contribution in [0.5, 0.6) is 0 Å². The van der Waals surface area contributed by atoms with Crippen molar-refractivity contribution in [2.24, 2.45) is 0 Å². The lowest BCUT2D eigenvalue weighted by molar-refractivity contribution is -0.128. The zero-order valence-corrected chi connectivity index (χ0v) is 12.6. The van der Waals surface area contributed by atoms with Crippen molar-refractivity contribution >= 4 is 21.8 Å². The Hall–Kier alpha value is -0.940. The van der Waals surface area contributed by atoms with E-state index in [1.807, 2.05) is 11.0 Å². The number of hydrogen-bond donors (Lipinski definition) is 0. The first-order chi connectivity index (χ1) is 9.06. The lowest BCUT2D eigenvalue weighted by Gasteiger charge is -2.21. The molecule has 0 aromatic heterocycles. The molecule has 1 heterocycles. The molecule has 19 heavy (non-hydrogen) atoms. The lowest BCUT2D eigenvalue weighted by atomic mass is 10.2. The van der Waals surface area contributed by atoms with Crippen LogP contribution in [-0.4, -0.2) is 41.9 Å². The summed E-state index contributed by atoms with van der Waals surface area (Å²) in [5.74, 6) is -0.0842. The van der Waals surface area contributed by atoms with Crippen molar-refractivity contribution in [2.75, 3.05) is 26.2 Å². The number of nitrogens with zero attached hydrogens (tertiary/aromatic N) is 2. The third kappa shape index (κ3) is 4.01. The Morgan fingerprint density at radius 2 is 2.11 bits per heavy atom. The maximum absolute atomic E-state index is 13.0. The minimum absolute atomic E-state index is 0.143. The molecule has 1 amide bonds. The molecular weight excluding hydrogens is 311 g/mol. The van der Waals surface area contributed by atoms with E-state index in [9.17, 15) is 9.18 Å². The Kier molecular flexibility index (Phi) is 4.93. The molecular formula is C14H18BrFN2O. The summed E-state index contributed by atoms with van der Waals surface area (Å²) in [6.07, 6.45) is 0.985. The molecule has 0 N–H and O–H groups in total. The second-order valence-electron chi connectivity index (χ2n) is 4.87. The first-order valence-corrected chi connectivity index (χ1v) is 7.27. The first-order valence-electron chi connectivity index (χ1n) is 6.48. The van der Waals surface area contributed by atoms with Gasteiger partial charge in [-0.05, 0) is 24.1 Å². The molecule has 1 saturated heterocycles. The summed E-state index contributed by atoms with van der Waals surface area (Å²) >= 11 is 3.40. The Bertz CT molecular complexity index is 467. The van der Waals surface area contributed by atoms with Gasteiger partial charge in [-0.1, -0.05) is 22.0 Å². The van der Waals surface area contributed by atoms with Gasteiger partial charge in [0.15, 0.2) is 0 Å². The normalized spacial score (nSPS) is 17.3. The topological polar surface area (TPSA) is 23.6 Å². The highest BCUT2D eigenvalue weighted by molar-refractivity contribution is 9.10. The predicted molar refractivity (Wildman–Crippen MR) is 76.2 cm³/mol. The van der Waals surface area contributed by atoms with Crippen molar-refractivity contribution in [3.05, 3.63) is 34.1 Å². The molecule has 2 rings (SSSR count). The van der Waals surface area contributed by atoms with Crippen molar-refractivity contribution in [2.45, 2.75) is 19.9 Å². The summed E-state index contributed by atoms with van der Waals surface area (Å²) in [5.41, 5.74) is 1.08. The number of carbonyl (C=O) groups is 1. The standard InChI is InChI=1S/C14H18BrFN2O/c1-11(19)18-6-2-5-17(7-8-18)10-12-3-4-13(16)9-14(12)15/h3-4,9H,2,5-8,10H2,1H3. The minimum atomic E-state index is -0.228. The molecule has 0 aliphatic carbocycles. The van der Waals surface area contributed by atoms with E-state index in [0.29, 0.717) is 0 Å². The third-order valence-electron chi connectivity index (χ3n) is 3.44. The van der Waals surface area contributed by atoms with Gasteiger partial charge in [-0.3, -0.25) is 9.69 Å². The van der Waals surface area contributed by atoms with Gasteiger partial charge < -0.3 is 4.90 Å². The highest BCUT2D eigenvalue weighted by Crippen LogP contribution is 2.20. The van der Waals surface area contributed by atoms with Gasteiger partial charge in [0, 0.05) is 44.1 Å². The molecule has 1 aromatic carbocycles. The summed E-state index contributed by atoms with van der Waals surface area (Å²) < 4.78 is 13.8. The molecule has 0 radical (unpaired) electrons. The van der Waals surface area contributed by atoms with Gasteiger partial charge in [0.1, 0.15) is 5.82 Å². The van der Waals surface area contributed by atoms with Gasteiger partial charge in [-0.2, -0.15) is 0 Å². The van der Waals surface area contributed by atoms with E-state index in [4.69, 9.17) is 0 Å². The first kappa shape index (κ1) is 14.5. The van der Waals surface area contributed by atoms with Crippen LogP contribution in [0.1, 0.15) is 18.9 Å². The van der Waals surface area contributed by atoms with Gasteiger partial charge in [-0.25, -0.2) is 4.39 Å². The second kappa shape index (κ2) is 6.48. The maximum atomic E-state index is 13.0. The Labute approximate surface area is 121 Å². The zero-order valence-electron chi connectivity index (χ0n) is 11.0. The van der Waals surface area contributed by atoms with Crippen LogP contribution in [0.2, 0.25) is 0 Å². The van der Waals surface area contributed by atoms with Crippen LogP contribution in [0.4, 0.5) is 4.39 Å². The summed E-state index contributed by atoms with van der Waals surface area (Å²) in [6.45, 7) is 5.83.